The maximum Gasteiger partial charge on any atom is 0.347 e. The van der Waals surface area contributed by atoms with Gasteiger partial charge in [0.15, 0.2) is 0 Å². The molecule has 0 aromatic carbocycles. The monoisotopic (exact) mass is 220 g/mol. The Balaban J connectivity index is 4.61. The summed E-state index contributed by atoms with van der Waals surface area (Å²) in [6.45, 7) is 1.03. The normalized spacial score (nSPS) is 14.0. The lowest BCUT2D eigenvalue weighted by Gasteiger charge is -2.20. The van der Waals surface area contributed by atoms with Crippen molar-refractivity contribution in [2.75, 3.05) is 7.11 Å². The van der Waals surface area contributed by atoms with Gasteiger partial charge in [0.25, 0.3) is 0 Å². The van der Waals surface area contributed by atoms with E-state index in [-0.39, 0.29) is 0 Å². The van der Waals surface area contributed by atoms with Crippen molar-refractivity contribution >= 4 is 17.9 Å². The van der Waals surface area contributed by atoms with Gasteiger partial charge in [0.1, 0.15) is 6.10 Å². The van der Waals surface area contributed by atoms with E-state index in [1.807, 2.05) is 0 Å². The Hall–Kier alpha value is -1.63. The molecule has 1 unspecified atom stereocenters. The zero-order valence-electron chi connectivity index (χ0n) is 8.30. The van der Waals surface area contributed by atoms with Crippen LogP contribution in [0.3, 0.4) is 0 Å². The van der Waals surface area contributed by atoms with Gasteiger partial charge in [-0.3, -0.25) is 9.59 Å². The molecule has 0 rings (SSSR count). The second-order valence-electron chi connectivity index (χ2n) is 2.74. The first-order valence-electron chi connectivity index (χ1n) is 4.03. The maximum absolute atomic E-state index is 10.7. The third kappa shape index (κ3) is 4.96. The van der Waals surface area contributed by atoms with Gasteiger partial charge in [-0.25, -0.2) is 4.79 Å². The van der Waals surface area contributed by atoms with Crippen molar-refractivity contribution in [1.82, 2.24) is 0 Å². The predicted molar refractivity (Wildman–Crippen MR) is 46.2 cm³/mol. The van der Waals surface area contributed by atoms with Gasteiger partial charge in [-0.15, -0.1) is 0 Å². The Morgan fingerprint density at radius 1 is 1.27 bits per heavy atom. The molecule has 15 heavy (non-hydrogen) atoms. The highest BCUT2D eigenvalue weighted by Crippen LogP contribution is 2.09. The molecule has 86 valence electrons. The summed E-state index contributed by atoms with van der Waals surface area (Å²) in [5.74, 6) is -3.49. The number of methoxy groups -OCH3 is 1. The summed E-state index contributed by atoms with van der Waals surface area (Å²) in [5, 5.41) is 17.2. The van der Waals surface area contributed by atoms with Gasteiger partial charge in [0.05, 0.1) is 6.42 Å². The Morgan fingerprint density at radius 2 is 1.80 bits per heavy atom. The smallest absolute Gasteiger partial charge is 0.347 e. The SMILES string of the molecule is CO[C@H](CC(=O)O)C(OC(C)=O)C(=O)O. The van der Waals surface area contributed by atoms with E-state index in [2.05, 4.69) is 9.47 Å². The topological polar surface area (TPSA) is 110 Å². The van der Waals surface area contributed by atoms with Crippen LogP contribution in [-0.4, -0.2) is 47.4 Å². The van der Waals surface area contributed by atoms with Crippen LogP contribution in [-0.2, 0) is 23.9 Å². The number of carboxylic acids is 2. The Kier molecular flexibility index (Phi) is 5.32. The first-order valence-corrected chi connectivity index (χ1v) is 4.03. The maximum atomic E-state index is 10.7. The van der Waals surface area contributed by atoms with Gasteiger partial charge >= 0.3 is 17.9 Å². The van der Waals surface area contributed by atoms with Crippen LogP contribution in [0, 0.1) is 0 Å². The minimum atomic E-state index is -1.61. The molecule has 7 heteroatoms. The fourth-order valence-corrected chi connectivity index (χ4v) is 0.950. The van der Waals surface area contributed by atoms with Crippen molar-refractivity contribution < 1.29 is 34.1 Å². The van der Waals surface area contributed by atoms with Gasteiger partial charge < -0.3 is 19.7 Å². The van der Waals surface area contributed by atoms with Crippen LogP contribution >= 0.6 is 0 Å². The summed E-state index contributed by atoms with van der Waals surface area (Å²) in [6.07, 6.45) is -3.37. The minimum absolute atomic E-state index is 0.555. The molecule has 2 atom stereocenters. The zero-order chi connectivity index (χ0) is 12.0. The lowest BCUT2D eigenvalue weighted by atomic mass is 10.1. The van der Waals surface area contributed by atoms with E-state index >= 15 is 0 Å². The second kappa shape index (κ2) is 5.97. The molecule has 0 aromatic rings. The van der Waals surface area contributed by atoms with E-state index < -0.39 is 36.5 Å². The average molecular weight is 220 g/mol. The number of rotatable bonds is 6. The van der Waals surface area contributed by atoms with Crippen molar-refractivity contribution in [3.8, 4) is 0 Å². The number of hydrogen-bond donors (Lipinski definition) is 2. The standard InChI is InChI=1S/C8H12O7/c1-4(9)15-7(8(12)13)5(14-2)3-6(10)11/h5,7H,3H2,1-2H3,(H,10,11)(H,12,13)/t5-,7?/m1/s1. The number of ether oxygens (including phenoxy) is 2. The molecule has 0 aliphatic carbocycles. The highest BCUT2D eigenvalue weighted by atomic mass is 16.6. The molecule has 0 spiro atoms. The van der Waals surface area contributed by atoms with E-state index in [1.165, 1.54) is 0 Å². The summed E-state index contributed by atoms with van der Waals surface area (Å²) in [5.41, 5.74) is 0. The fourth-order valence-electron chi connectivity index (χ4n) is 0.950. The zero-order valence-corrected chi connectivity index (χ0v) is 8.30. The molecule has 7 nitrogen and oxygen atoms in total. The van der Waals surface area contributed by atoms with Crippen molar-refractivity contribution in [3.05, 3.63) is 0 Å². The highest BCUT2D eigenvalue weighted by Gasteiger charge is 2.32. The van der Waals surface area contributed by atoms with Crippen LogP contribution in [0.15, 0.2) is 0 Å². The van der Waals surface area contributed by atoms with Crippen molar-refractivity contribution in [1.29, 1.82) is 0 Å². The van der Waals surface area contributed by atoms with E-state index in [4.69, 9.17) is 10.2 Å². The molecule has 0 saturated heterocycles. The third-order valence-corrected chi connectivity index (χ3v) is 1.55. The molecule has 0 saturated carbocycles. The largest absolute Gasteiger partial charge is 0.481 e. The predicted octanol–water partition coefficient (Wildman–Crippen LogP) is -0.508. The number of aliphatic carboxylic acids is 2. The number of carbonyl (C=O) groups is 3. The number of esters is 1. The van der Waals surface area contributed by atoms with Gasteiger partial charge in [0, 0.05) is 14.0 Å². The van der Waals surface area contributed by atoms with Crippen LogP contribution < -0.4 is 0 Å². The second-order valence-corrected chi connectivity index (χ2v) is 2.74. The lowest BCUT2D eigenvalue weighted by Crippen LogP contribution is -2.40. The van der Waals surface area contributed by atoms with Gasteiger partial charge in [0.2, 0.25) is 6.10 Å². The number of carboxylic acid groups (broad SMARTS) is 2. The Labute approximate surface area is 85.6 Å². The molecule has 2 N–H and O–H groups in total. The Bertz CT molecular complexity index is 260. The fraction of sp³-hybridized carbons (Fsp3) is 0.625. The van der Waals surface area contributed by atoms with E-state index in [1.54, 1.807) is 0 Å². The molecule has 0 aliphatic heterocycles. The summed E-state index contributed by atoms with van der Waals surface area (Å²) in [4.78, 5) is 31.6. The van der Waals surface area contributed by atoms with Gasteiger partial charge in [-0.2, -0.15) is 0 Å². The van der Waals surface area contributed by atoms with E-state index in [0.717, 1.165) is 14.0 Å². The molecular formula is C8H12O7. The Morgan fingerprint density at radius 3 is 2.07 bits per heavy atom. The summed E-state index contributed by atoms with van der Waals surface area (Å²) in [6, 6.07) is 0. The van der Waals surface area contributed by atoms with Crippen LogP contribution in [0.4, 0.5) is 0 Å². The first-order chi connectivity index (χ1) is 6.88. The lowest BCUT2D eigenvalue weighted by molar-refractivity contribution is -0.173. The number of hydrogen-bond acceptors (Lipinski definition) is 5. The molecule has 0 radical (unpaired) electrons. The minimum Gasteiger partial charge on any atom is -0.481 e. The summed E-state index contributed by atoms with van der Waals surface area (Å²) in [7, 11) is 1.15. The van der Waals surface area contributed by atoms with E-state index in [9.17, 15) is 14.4 Å². The van der Waals surface area contributed by atoms with Crippen LogP contribution in [0.2, 0.25) is 0 Å². The highest BCUT2D eigenvalue weighted by molar-refractivity contribution is 5.79. The molecule has 0 aromatic heterocycles. The van der Waals surface area contributed by atoms with Crippen molar-refractivity contribution in [2.24, 2.45) is 0 Å². The molecule has 0 fully saturated rings. The van der Waals surface area contributed by atoms with Crippen LogP contribution in [0.25, 0.3) is 0 Å². The van der Waals surface area contributed by atoms with Crippen molar-refractivity contribution in [2.45, 2.75) is 25.6 Å². The molecule has 0 bridgehead atoms. The number of carbonyl (C=O) groups excluding carboxylic acids is 1. The van der Waals surface area contributed by atoms with Crippen LogP contribution in [0.5, 0.6) is 0 Å². The average Bonchev–Trinajstić information content (AvgIpc) is 2.09. The van der Waals surface area contributed by atoms with Crippen LogP contribution in [0.1, 0.15) is 13.3 Å². The summed E-state index contributed by atoms with van der Waals surface area (Å²) >= 11 is 0. The summed E-state index contributed by atoms with van der Waals surface area (Å²) < 4.78 is 9.09. The molecule has 0 aliphatic rings. The van der Waals surface area contributed by atoms with Crippen molar-refractivity contribution in [3.63, 3.8) is 0 Å². The first kappa shape index (κ1) is 13.4. The molecular weight excluding hydrogens is 208 g/mol. The third-order valence-electron chi connectivity index (χ3n) is 1.55. The van der Waals surface area contributed by atoms with E-state index in [0.29, 0.717) is 0 Å². The molecule has 0 heterocycles. The molecule has 0 amide bonds. The quantitative estimate of drug-likeness (QED) is 0.580. The van der Waals surface area contributed by atoms with Gasteiger partial charge in [-0.1, -0.05) is 0 Å². The van der Waals surface area contributed by atoms with Gasteiger partial charge in [-0.05, 0) is 0 Å².